The fraction of sp³-hybridized carbons (Fsp3) is 0.565. The SMILES string of the molecule is CCN1CCN(C2=C(c3ccc(Cl)cc3)C(=O)N(CCCN3CCOCC3)C2=O)CC1. The molecule has 0 spiro atoms. The van der Waals surface area contributed by atoms with E-state index in [9.17, 15) is 9.59 Å². The Morgan fingerprint density at radius 3 is 2.19 bits per heavy atom. The van der Waals surface area contributed by atoms with E-state index in [0.717, 1.165) is 77.6 Å². The monoisotopic (exact) mass is 446 g/mol. The lowest BCUT2D eigenvalue weighted by Gasteiger charge is -2.36. The van der Waals surface area contributed by atoms with E-state index in [1.165, 1.54) is 4.90 Å². The average Bonchev–Trinajstić information content (AvgIpc) is 3.05. The molecule has 0 N–H and O–H groups in total. The number of benzene rings is 1. The van der Waals surface area contributed by atoms with Crippen molar-refractivity contribution >= 4 is 29.0 Å². The van der Waals surface area contributed by atoms with Crippen molar-refractivity contribution in [2.75, 3.05) is 72.1 Å². The van der Waals surface area contributed by atoms with Crippen LogP contribution in [0.1, 0.15) is 18.9 Å². The minimum absolute atomic E-state index is 0.165. The fourth-order valence-electron chi connectivity index (χ4n) is 4.50. The number of hydrogen-bond donors (Lipinski definition) is 0. The molecule has 2 saturated heterocycles. The Labute approximate surface area is 189 Å². The Morgan fingerprint density at radius 1 is 0.871 bits per heavy atom. The molecule has 7 nitrogen and oxygen atoms in total. The van der Waals surface area contributed by atoms with Crippen LogP contribution >= 0.6 is 11.6 Å². The number of halogens is 1. The molecule has 3 aliphatic heterocycles. The number of carbonyl (C=O) groups is 2. The van der Waals surface area contributed by atoms with Crippen LogP contribution in [0.15, 0.2) is 30.0 Å². The van der Waals surface area contributed by atoms with E-state index >= 15 is 0 Å². The number of rotatable bonds is 7. The van der Waals surface area contributed by atoms with E-state index < -0.39 is 0 Å². The molecule has 0 radical (unpaired) electrons. The molecule has 0 atom stereocenters. The summed E-state index contributed by atoms with van der Waals surface area (Å²) in [5, 5.41) is 0.613. The van der Waals surface area contributed by atoms with Gasteiger partial charge in [-0.1, -0.05) is 30.7 Å². The quantitative estimate of drug-likeness (QED) is 0.595. The lowest BCUT2D eigenvalue weighted by Crippen LogP contribution is -2.47. The number of nitrogens with zero attached hydrogens (tertiary/aromatic N) is 4. The Hall–Kier alpha value is -1.93. The summed E-state index contributed by atoms with van der Waals surface area (Å²) in [5.74, 6) is -0.357. The molecule has 168 valence electrons. The number of imide groups is 1. The number of hydrogen-bond acceptors (Lipinski definition) is 6. The van der Waals surface area contributed by atoms with Crippen molar-refractivity contribution in [1.82, 2.24) is 19.6 Å². The zero-order valence-corrected chi connectivity index (χ0v) is 18.9. The highest BCUT2D eigenvalue weighted by Crippen LogP contribution is 2.33. The lowest BCUT2D eigenvalue weighted by molar-refractivity contribution is -0.137. The van der Waals surface area contributed by atoms with Crippen LogP contribution in [-0.4, -0.2) is 104 Å². The standard InChI is InChI=1S/C23H31ClN4O3/c1-2-25-10-12-27(13-11-25)21-20(18-4-6-19(24)7-5-18)22(29)28(23(21)30)9-3-8-26-14-16-31-17-15-26/h4-7H,2-3,8-17H2,1H3. The summed E-state index contributed by atoms with van der Waals surface area (Å²) in [6, 6.07) is 7.22. The number of carbonyl (C=O) groups excluding carboxylic acids is 2. The predicted octanol–water partition coefficient (Wildman–Crippen LogP) is 1.78. The lowest BCUT2D eigenvalue weighted by atomic mass is 10.0. The maximum Gasteiger partial charge on any atom is 0.277 e. The Balaban J connectivity index is 1.52. The third kappa shape index (κ3) is 4.95. The predicted molar refractivity (Wildman–Crippen MR) is 121 cm³/mol. The van der Waals surface area contributed by atoms with Crippen molar-refractivity contribution in [3.63, 3.8) is 0 Å². The minimum Gasteiger partial charge on any atom is -0.379 e. The maximum absolute atomic E-state index is 13.4. The van der Waals surface area contributed by atoms with Crippen LogP contribution in [0.4, 0.5) is 0 Å². The fourth-order valence-corrected chi connectivity index (χ4v) is 4.63. The molecule has 0 aromatic heterocycles. The van der Waals surface area contributed by atoms with Crippen LogP contribution in [0.25, 0.3) is 5.57 Å². The molecule has 2 fully saturated rings. The van der Waals surface area contributed by atoms with E-state index in [1.807, 2.05) is 12.1 Å². The van der Waals surface area contributed by atoms with Gasteiger partial charge in [-0.05, 0) is 30.7 Å². The van der Waals surface area contributed by atoms with Gasteiger partial charge in [0.15, 0.2) is 0 Å². The molecule has 0 saturated carbocycles. The van der Waals surface area contributed by atoms with Crippen molar-refractivity contribution in [3.05, 3.63) is 40.5 Å². The maximum atomic E-state index is 13.4. The van der Waals surface area contributed by atoms with E-state index in [1.54, 1.807) is 12.1 Å². The van der Waals surface area contributed by atoms with Gasteiger partial charge in [0.1, 0.15) is 5.70 Å². The van der Waals surface area contributed by atoms with Gasteiger partial charge in [-0.2, -0.15) is 0 Å². The Bertz CT molecular complexity index is 828. The van der Waals surface area contributed by atoms with Crippen LogP contribution in [0.3, 0.4) is 0 Å². The van der Waals surface area contributed by atoms with E-state index in [2.05, 4.69) is 21.6 Å². The summed E-state index contributed by atoms with van der Waals surface area (Å²) in [5.41, 5.74) is 1.82. The molecule has 0 unspecified atom stereocenters. The second-order valence-electron chi connectivity index (χ2n) is 8.22. The summed E-state index contributed by atoms with van der Waals surface area (Å²) in [6.07, 6.45) is 0.766. The van der Waals surface area contributed by atoms with Gasteiger partial charge in [0.25, 0.3) is 11.8 Å². The molecule has 0 aliphatic carbocycles. The topological polar surface area (TPSA) is 56.3 Å². The molecular weight excluding hydrogens is 416 g/mol. The summed E-state index contributed by atoms with van der Waals surface area (Å²) in [6.45, 7) is 11.0. The smallest absolute Gasteiger partial charge is 0.277 e. The third-order valence-electron chi connectivity index (χ3n) is 6.37. The zero-order chi connectivity index (χ0) is 21.8. The highest BCUT2D eigenvalue weighted by atomic mass is 35.5. The first kappa shape index (κ1) is 22.3. The number of amides is 2. The molecule has 0 bridgehead atoms. The number of piperazine rings is 1. The number of morpholine rings is 1. The van der Waals surface area contributed by atoms with Gasteiger partial charge in [-0.25, -0.2) is 0 Å². The van der Waals surface area contributed by atoms with Crippen molar-refractivity contribution in [1.29, 1.82) is 0 Å². The average molecular weight is 447 g/mol. The van der Waals surface area contributed by atoms with E-state index in [0.29, 0.717) is 22.8 Å². The molecule has 2 amide bonds. The summed E-state index contributed by atoms with van der Waals surface area (Å²) in [7, 11) is 0. The van der Waals surface area contributed by atoms with E-state index in [4.69, 9.17) is 16.3 Å². The van der Waals surface area contributed by atoms with Gasteiger partial charge in [-0.3, -0.25) is 19.4 Å². The van der Waals surface area contributed by atoms with Crippen molar-refractivity contribution in [2.24, 2.45) is 0 Å². The molecule has 1 aromatic carbocycles. The Morgan fingerprint density at radius 2 is 1.55 bits per heavy atom. The Kier molecular flexibility index (Phi) is 7.27. The van der Waals surface area contributed by atoms with Crippen molar-refractivity contribution in [3.8, 4) is 0 Å². The van der Waals surface area contributed by atoms with Gasteiger partial charge in [-0.15, -0.1) is 0 Å². The van der Waals surface area contributed by atoms with Gasteiger partial charge in [0.2, 0.25) is 0 Å². The van der Waals surface area contributed by atoms with Crippen molar-refractivity contribution < 1.29 is 14.3 Å². The molecular formula is C23H31ClN4O3. The van der Waals surface area contributed by atoms with E-state index in [-0.39, 0.29) is 11.8 Å². The highest BCUT2D eigenvalue weighted by molar-refractivity contribution is 6.36. The second-order valence-corrected chi connectivity index (χ2v) is 8.66. The number of ether oxygens (including phenoxy) is 1. The summed E-state index contributed by atoms with van der Waals surface area (Å²) in [4.78, 5) is 35.1. The van der Waals surface area contributed by atoms with Gasteiger partial charge in [0, 0.05) is 57.4 Å². The van der Waals surface area contributed by atoms with Crippen LogP contribution in [0.5, 0.6) is 0 Å². The molecule has 8 heteroatoms. The van der Waals surface area contributed by atoms with Crippen LogP contribution in [-0.2, 0) is 14.3 Å². The first-order chi connectivity index (χ1) is 15.1. The molecule has 3 aliphatic rings. The molecule has 4 rings (SSSR count). The minimum atomic E-state index is -0.192. The zero-order valence-electron chi connectivity index (χ0n) is 18.2. The first-order valence-corrected chi connectivity index (χ1v) is 11.6. The second kappa shape index (κ2) is 10.1. The normalized spacial score (nSPS) is 21.5. The number of likely N-dealkylation sites (N-methyl/N-ethyl adjacent to an activating group) is 1. The highest BCUT2D eigenvalue weighted by Gasteiger charge is 2.41. The van der Waals surface area contributed by atoms with Gasteiger partial charge >= 0.3 is 0 Å². The van der Waals surface area contributed by atoms with Crippen molar-refractivity contribution in [2.45, 2.75) is 13.3 Å². The molecule has 3 heterocycles. The molecule has 1 aromatic rings. The van der Waals surface area contributed by atoms with Crippen LogP contribution < -0.4 is 0 Å². The third-order valence-corrected chi connectivity index (χ3v) is 6.62. The van der Waals surface area contributed by atoms with Gasteiger partial charge < -0.3 is 14.5 Å². The first-order valence-electron chi connectivity index (χ1n) is 11.2. The van der Waals surface area contributed by atoms with Gasteiger partial charge in [0.05, 0.1) is 18.8 Å². The molecule has 31 heavy (non-hydrogen) atoms. The summed E-state index contributed by atoms with van der Waals surface area (Å²) >= 11 is 6.06. The largest absolute Gasteiger partial charge is 0.379 e. The van der Waals surface area contributed by atoms with Crippen LogP contribution in [0.2, 0.25) is 5.02 Å². The van der Waals surface area contributed by atoms with Crippen LogP contribution in [0, 0.1) is 0 Å². The summed E-state index contributed by atoms with van der Waals surface area (Å²) < 4.78 is 5.40.